The highest BCUT2D eigenvalue weighted by molar-refractivity contribution is 8.93. The molecule has 0 saturated heterocycles. The first-order valence-electron chi connectivity index (χ1n) is 2.03. The number of rotatable bonds is 0. The zero-order chi connectivity index (χ0) is 4.41. The minimum atomic E-state index is 0. The third-order valence-corrected chi connectivity index (χ3v) is 0.737. The summed E-state index contributed by atoms with van der Waals surface area (Å²) in [6.45, 7) is 3.50. The second-order valence-electron chi connectivity index (χ2n) is 1.25. The molecule has 0 spiro atoms. The topological polar surface area (TPSA) is 21.6 Å². The van der Waals surface area contributed by atoms with Crippen LogP contribution in [0.15, 0.2) is 4.99 Å². The molecule has 0 aliphatic carbocycles. The van der Waals surface area contributed by atoms with Crippen LogP contribution >= 0.6 is 17.0 Å². The fourth-order valence-corrected chi connectivity index (χ4v) is 0.442. The molecule has 2 nitrogen and oxygen atoms in total. The van der Waals surface area contributed by atoms with Crippen LogP contribution < -0.4 is 0 Å². The van der Waals surface area contributed by atoms with Crippen molar-refractivity contribution in [1.29, 1.82) is 0 Å². The monoisotopic (exact) mass is 165 g/mol. The summed E-state index contributed by atoms with van der Waals surface area (Å²) in [5.41, 5.74) is 0. The predicted molar refractivity (Wildman–Crippen MR) is 34.2 cm³/mol. The van der Waals surface area contributed by atoms with Gasteiger partial charge in [0.25, 0.3) is 0 Å². The maximum atomic E-state index is 4.90. The lowest BCUT2D eigenvalue weighted by Gasteiger charge is -1.86. The molecule has 42 valence electrons. The Kier molecular flexibility index (Phi) is 3.00. The van der Waals surface area contributed by atoms with Crippen molar-refractivity contribution in [3.05, 3.63) is 0 Å². The van der Waals surface area contributed by atoms with E-state index in [0.717, 1.165) is 19.0 Å². The predicted octanol–water partition coefficient (Wildman–Crippen LogP) is 1.01. The molecule has 1 aliphatic heterocycles. The Morgan fingerprint density at radius 2 is 2.43 bits per heavy atom. The van der Waals surface area contributed by atoms with Gasteiger partial charge in [-0.2, -0.15) is 0 Å². The zero-order valence-electron chi connectivity index (χ0n) is 4.18. The number of nitrogens with zero attached hydrogens (tertiary/aromatic N) is 1. The molecule has 1 rings (SSSR count). The molecule has 7 heavy (non-hydrogen) atoms. The number of hydrogen-bond acceptors (Lipinski definition) is 2. The Morgan fingerprint density at radius 3 is 2.57 bits per heavy atom. The summed E-state index contributed by atoms with van der Waals surface area (Å²) < 4.78 is 4.90. The van der Waals surface area contributed by atoms with Crippen molar-refractivity contribution in [2.24, 2.45) is 4.99 Å². The van der Waals surface area contributed by atoms with Crippen LogP contribution in [-0.4, -0.2) is 19.0 Å². The lowest BCUT2D eigenvalue weighted by Crippen LogP contribution is -1.89. The van der Waals surface area contributed by atoms with Gasteiger partial charge >= 0.3 is 0 Å². The van der Waals surface area contributed by atoms with Crippen molar-refractivity contribution in [3.63, 3.8) is 0 Å². The average Bonchev–Trinajstić information content (AvgIpc) is 1.86. The van der Waals surface area contributed by atoms with Gasteiger partial charge in [-0.1, -0.05) is 0 Å². The van der Waals surface area contributed by atoms with E-state index in [2.05, 4.69) is 4.99 Å². The highest BCUT2D eigenvalue weighted by Gasteiger charge is 1.96. The molecule has 0 amide bonds. The van der Waals surface area contributed by atoms with Crippen molar-refractivity contribution in [2.75, 3.05) is 13.2 Å². The third kappa shape index (κ3) is 1.92. The van der Waals surface area contributed by atoms with Gasteiger partial charge in [0.15, 0.2) is 5.90 Å². The van der Waals surface area contributed by atoms with E-state index in [1.54, 1.807) is 0 Å². The van der Waals surface area contributed by atoms with Crippen LogP contribution in [0.25, 0.3) is 0 Å². The van der Waals surface area contributed by atoms with Crippen molar-refractivity contribution < 1.29 is 4.74 Å². The van der Waals surface area contributed by atoms with Crippen molar-refractivity contribution in [3.8, 4) is 0 Å². The van der Waals surface area contributed by atoms with Gasteiger partial charge in [0, 0.05) is 6.92 Å². The summed E-state index contributed by atoms with van der Waals surface area (Å²) in [6, 6.07) is 0. The first-order chi connectivity index (χ1) is 2.89. The van der Waals surface area contributed by atoms with Gasteiger partial charge in [-0.3, -0.25) is 4.99 Å². The lowest BCUT2D eigenvalue weighted by molar-refractivity contribution is 0.345. The molecule has 0 atom stereocenters. The Bertz CT molecular complexity index is 81.8. The standard InChI is InChI=1S/C4H7NO.BrH/c1-4-5-2-3-6-4;/h2-3H2,1H3;1H. The average molecular weight is 166 g/mol. The highest BCUT2D eigenvalue weighted by atomic mass is 79.9. The quantitative estimate of drug-likeness (QED) is 0.526. The molecule has 0 aromatic heterocycles. The zero-order valence-corrected chi connectivity index (χ0v) is 5.89. The minimum absolute atomic E-state index is 0. The van der Waals surface area contributed by atoms with Gasteiger partial charge < -0.3 is 4.74 Å². The third-order valence-electron chi connectivity index (χ3n) is 0.737. The van der Waals surface area contributed by atoms with E-state index in [1.165, 1.54) is 0 Å². The van der Waals surface area contributed by atoms with E-state index < -0.39 is 0 Å². The van der Waals surface area contributed by atoms with Crippen molar-refractivity contribution >= 4 is 22.9 Å². The molecule has 0 bridgehead atoms. The van der Waals surface area contributed by atoms with Crippen LogP contribution in [0.1, 0.15) is 6.92 Å². The van der Waals surface area contributed by atoms with Gasteiger partial charge in [0.05, 0.1) is 6.54 Å². The van der Waals surface area contributed by atoms with Crippen molar-refractivity contribution in [1.82, 2.24) is 0 Å². The maximum Gasteiger partial charge on any atom is 0.180 e. The van der Waals surface area contributed by atoms with Crippen LogP contribution in [0.5, 0.6) is 0 Å². The van der Waals surface area contributed by atoms with Crippen LogP contribution in [-0.2, 0) is 4.74 Å². The molecule has 0 unspecified atom stereocenters. The van der Waals surface area contributed by atoms with Crippen LogP contribution in [0.4, 0.5) is 0 Å². The van der Waals surface area contributed by atoms with Gasteiger partial charge in [0.2, 0.25) is 0 Å². The normalized spacial score (nSPS) is 17.0. The second-order valence-corrected chi connectivity index (χ2v) is 1.25. The van der Waals surface area contributed by atoms with E-state index in [0.29, 0.717) is 0 Å². The van der Waals surface area contributed by atoms with Crippen LogP contribution in [0.3, 0.4) is 0 Å². The molecule has 0 aromatic carbocycles. The second kappa shape index (κ2) is 3.02. The lowest BCUT2D eigenvalue weighted by atomic mass is 10.8. The van der Waals surface area contributed by atoms with Gasteiger partial charge in [-0.05, 0) is 0 Å². The summed E-state index contributed by atoms with van der Waals surface area (Å²) >= 11 is 0. The smallest absolute Gasteiger partial charge is 0.180 e. The summed E-state index contributed by atoms with van der Waals surface area (Å²) in [5, 5.41) is 0. The molecule has 0 radical (unpaired) electrons. The summed E-state index contributed by atoms with van der Waals surface area (Å²) in [7, 11) is 0. The molecule has 1 heterocycles. The molecule has 0 saturated carbocycles. The molecule has 1 aliphatic rings. The summed E-state index contributed by atoms with van der Waals surface area (Å²) in [6.07, 6.45) is 0. The summed E-state index contributed by atoms with van der Waals surface area (Å²) in [5.74, 6) is 0.829. The SMILES string of the molecule is Br.CC1=NCCO1. The van der Waals surface area contributed by atoms with E-state index >= 15 is 0 Å². The number of aliphatic imine (C=N–C) groups is 1. The number of hydrogen-bond donors (Lipinski definition) is 0. The maximum absolute atomic E-state index is 4.90. The fourth-order valence-electron chi connectivity index (χ4n) is 0.442. The number of halogens is 1. The van der Waals surface area contributed by atoms with Crippen LogP contribution in [0, 0.1) is 0 Å². The van der Waals surface area contributed by atoms with E-state index in [4.69, 9.17) is 4.74 Å². The van der Waals surface area contributed by atoms with E-state index in [1.807, 2.05) is 6.92 Å². The number of ether oxygens (including phenoxy) is 1. The largest absolute Gasteiger partial charge is 0.479 e. The van der Waals surface area contributed by atoms with Crippen molar-refractivity contribution in [2.45, 2.75) is 6.92 Å². The van der Waals surface area contributed by atoms with Gasteiger partial charge in [-0.15, -0.1) is 17.0 Å². The van der Waals surface area contributed by atoms with Crippen LogP contribution in [0.2, 0.25) is 0 Å². The Hall–Kier alpha value is -0.0500. The molecule has 0 fully saturated rings. The van der Waals surface area contributed by atoms with E-state index in [9.17, 15) is 0 Å². The Labute approximate surface area is 53.3 Å². The van der Waals surface area contributed by atoms with Gasteiger partial charge in [0.1, 0.15) is 6.61 Å². The molecule has 0 aromatic rings. The van der Waals surface area contributed by atoms with E-state index in [-0.39, 0.29) is 17.0 Å². The first-order valence-corrected chi connectivity index (χ1v) is 2.03. The molecule has 3 heteroatoms. The fraction of sp³-hybridized carbons (Fsp3) is 0.750. The highest BCUT2D eigenvalue weighted by Crippen LogP contribution is 1.89. The summed E-state index contributed by atoms with van der Waals surface area (Å²) in [4.78, 5) is 3.93. The van der Waals surface area contributed by atoms with Gasteiger partial charge in [-0.25, -0.2) is 0 Å². The first kappa shape index (κ1) is 6.95. The molecule has 0 N–H and O–H groups in total. The molecular weight excluding hydrogens is 158 g/mol. The Morgan fingerprint density at radius 1 is 1.71 bits per heavy atom. The molecular formula is C4H8BrNO. The Balaban J connectivity index is 0.000000360. The minimum Gasteiger partial charge on any atom is -0.479 e.